The highest BCUT2D eigenvalue weighted by Gasteiger charge is 2.14. The van der Waals surface area contributed by atoms with Gasteiger partial charge < -0.3 is 14.8 Å². The third-order valence-electron chi connectivity index (χ3n) is 3.58. The summed E-state index contributed by atoms with van der Waals surface area (Å²) >= 11 is 0. The second kappa shape index (κ2) is 7.50. The van der Waals surface area contributed by atoms with Crippen LogP contribution in [0.1, 0.15) is 35.3 Å². The van der Waals surface area contributed by atoms with Crippen molar-refractivity contribution >= 4 is 5.91 Å². The zero-order valence-electron chi connectivity index (χ0n) is 13.1. The predicted octanol–water partition coefficient (Wildman–Crippen LogP) is 3.58. The van der Waals surface area contributed by atoms with Crippen molar-refractivity contribution in [2.75, 3.05) is 14.2 Å². The summed E-state index contributed by atoms with van der Waals surface area (Å²) in [6.45, 7) is 2.04. The van der Waals surface area contributed by atoms with Crippen molar-refractivity contribution in [2.45, 2.75) is 19.4 Å². The van der Waals surface area contributed by atoms with E-state index in [-0.39, 0.29) is 11.9 Å². The third kappa shape index (κ3) is 3.79. The number of hydrogen-bond acceptors (Lipinski definition) is 3. The molecule has 0 bridgehead atoms. The average Bonchev–Trinajstić information content (AvgIpc) is 2.59. The molecule has 0 fully saturated rings. The zero-order valence-corrected chi connectivity index (χ0v) is 13.1. The number of carbonyl (C=O) groups is 1. The number of ether oxygens (including phenoxy) is 2. The lowest BCUT2D eigenvalue weighted by molar-refractivity contribution is 0.0935. The SMILES string of the molecule is CCC(NC(=O)c1ccc(OC)cc1)c1ccc(OC)cc1. The molecule has 4 heteroatoms. The fourth-order valence-electron chi connectivity index (χ4n) is 2.24. The molecule has 4 nitrogen and oxygen atoms in total. The molecule has 0 spiro atoms. The first-order valence-electron chi connectivity index (χ1n) is 7.26. The maximum absolute atomic E-state index is 12.3. The Balaban J connectivity index is 2.09. The van der Waals surface area contributed by atoms with Crippen LogP contribution in [0.25, 0.3) is 0 Å². The van der Waals surface area contributed by atoms with Crippen molar-refractivity contribution in [1.29, 1.82) is 0 Å². The molecule has 0 saturated carbocycles. The van der Waals surface area contributed by atoms with E-state index in [0.29, 0.717) is 5.56 Å². The monoisotopic (exact) mass is 299 g/mol. The van der Waals surface area contributed by atoms with Gasteiger partial charge in [-0.15, -0.1) is 0 Å². The average molecular weight is 299 g/mol. The van der Waals surface area contributed by atoms with E-state index in [4.69, 9.17) is 9.47 Å². The van der Waals surface area contributed by atoms with Crippen molar-refractivity contribution in [3.8, 4) is 11.5 Å². The first-order valence-corrected chi connectivity index (χ1v) is 7.26. The quantitative estimate of drug-likeness (QED) is 0.887. The Morgan fingerprint density at radius 1 is 0.955 bits per heavy atom. The van der Waals surface area contributed by atoms with Gasteiger partial charge in [-0.05, 0) is 48.4 Å². The lowest BCUT2D eigenvalue weighted by Crippen LogP contribution is -2.28. The van der Waals surface area contributed by atoms with Crippen molar-refractivity contribution in [2.24, 2.45) is 0 Å². The Morgan fingerprint density at radius 3 is 1.91 bits per heavy atom. The highest BCUT2D eigenvalue weighted by molar-refractivity contribution is 5.94. The minimum atomic E-state index is -0.0923. The summed E-state index contributed by atoms with van der Waals surface area (Å²) in [5.41, 5.74) is 1.68. The molecule has 1 atom stereocenters. The molecule has 0 saturated heterocycles. The molecule has 1 N–H and O–H groups in total. The van der Waals surface area contributed by atoms with Gasteiger partial charge in [0.15, 0.2) is 0 Å². The smallest absolute Gasteiger partial charge is 0.251 e. The molecule has 0 aliphatic heterocycles. The second-order valence-corrected chi connectivity index (χ2v) is 4.94. The Morgan fingerprint density at radius 2 is 1.45 bits per heavy atom. The molecular formula is C18H21NO3. The van der Waals surface area contributed by atoms with Gasteiger partial charge in [0.1, 0.15) is 11.5 Å². The highest BCUT2D eigenvalue weighted by atomic mass is 16.5. The maximum atomic E-state index is 12.3. The lowest BCUT2D eigenvalue weighted by Gasteiger charge is -2.18. The fourth-order valence-corrected chi connectivity index (χ4v) is 2.24. The van der Waals surface area contributed by atoms with E-state index >= 15 is 0 Å². The van der Waals surface area contributed by atoms with Crippen LogP contribution in [-0.2, 0) is 0 Å². The lowest BCUT2D eigenvalue weighted by atomic mass is 10.0. The van der Waals surface area contributed by atoms with Gasteiger partial charge in [-0.1, -0.05) is 19.1 Å². The van der Waals surface area contributed by atoms with Crippen molar-refractivity contribution in [3.05, 3.63) is 59.7 Å². The zero-order chi connectivity index (χ0) is 15.9. The van der Waals surface area contributed by atoms with Crippen molar-refractivity contribution in [1.82, 2.24) is 5.32 Å². The molecule has 1 amide bonds. The molecule has 0 aliphatic rings. The van der Waals surface area contributed by atoms with Gasteiger partial charge in [0.05, 0.1) is 20.3 Å². The Bertz CT molecular complexity index is 605. The molecular weight excluding hydrogens is 278 g/mol. The molecule has 22 heavy (non-hydrogen) atoms. The van der Waals surface area contributed by atoms with Crippen molar-refractivity contribution < 1.29 is 14.3 Å². The summed E-state index contributed by atoms with van der Waals surface area (Å²) in [7, 11) is 3.24. The van der Waals surface area contributed by atoms with Crippen molar-refractivity contribution in [3.63, 3.8) is 0 Å². The number of benzene rings is 2. The molecule has 0 heterocycles. The highest BCUT2D eigenvalue weighted by Crippen LogP contribution is 2.21. The topological polar surface area (TPSA) is 47.6 Å². The molecule has 2 aromatic rings. The van der Waals surface area contributed by atoms with E-state index < -0.39 is 0 Å². The molecule has 116 valence electrons. The van der Waals surface area contributed by atoms with Crippen LogP contribution >= 0.6 is 0 Å². The van der Waals surface area contributed by atoms with E-state index in [1.54, 1.807) is 38.5 Å². The Labute approximate surface area is 131 Å². The minimum absolute atomic E-state index is 0.0273. The summed E-state index contributed by atoms with van der Waals surface area (Å²) in [5, 5.41) is 3.05. The molecule has 1 unspecified atom stereocenters. The number of nitrogens with one attached hydrogen (secondary N) is 1. The standard InChI is InChI=1S/C18H21NO3/c1-4-17(13-5-9-15(21-2)10-6-13)19-18(20)14-7-11-16(22-3)12-8-14/h5-12,17H,4H2,1-3H3,(H,19,20). The van der Waals surface area contributed by atoms with Crippen LogP contribution in [-0.4, -0.2) is 20.1 Å². The van der Waals surface area contributed by atoms with E-state index in [1.807, 2.05) is 31.2 Å². The summed E-state index contributed by atoms with van der Waals surface area (Å²) in [6.07, 6.45) is 0.814. The van der Waals surface area contributed by atoms with Gasteiger partial charge in [0.25, 0.3) is 5.91 Å². The number of amides is 1. The predicted molar refractivity (Wildman–Crippen MR) is 86.5 cm³/mol. The molecule has 0 aliphatic carbocycles. The van der Waals surface area contributed by atoms with Crippen LogP contribution in [0.3, 0.4) is 0 Å². The van der Waals surface area contributed by atoms with E-state index in [9.17, 15) is 4.79 Å². The van der Waals surface area contributed by atoms with Gasteiger partial charge in [-0.25, -0.2) is 0 Å². The fraction of sp³-hybridized carbons (Fsp3) is 0.278. The second-order valence-electron chi connectivity index (χ2n) is 4.94. The maximum Gasteiger partial charge on any atom is 0.251 e. The van der Waals surface area contributed by atoms with Crippen LogP contribution < -0.4 is 14.8 Å². The third-order valence-corrected chi connectivity index (χ3v) is 3.58. The van der Waals surface area contributed by atoms with Gasteiger partial charge in [-0.3, -0.25) is 4.79 Å². The van der Waals surface area contributed by atoms with Gasteiger partial charge in [-0.2, -0.15) is 0 Å². The summed E-state index contributed by atoms with van der Waals surface area (Å²) in [4.78, 5) is 12.3. The Kier molecular flexibility index (Phi) is 5.42. The Hall–Kier alpha value is -2.49. The summed E-state index contributed by atoms with van der Waals surface area (Å²) < 4.78 is 10.3. The first-order chi connectivity index (χ1) is 10.7. The van der Waals surface area contributed by atoms with Gasteiger partial charge in [0.2, 0.25) is 0 Å². The number of methoxy groups -OCH3 is 2. The van der Waals surface area contributed by atoms with E-state index in [0.717, 1.165) is 23.5 Å². The molecule has 0 radical (unpaired) electrons. The largest absolute Gasteiger partial charge is 0.497 e. The molecule has 2 aromatic carbocycles. The first kappa shape index (κ1) is 15.9. The van der Waals surface area contributed by atoms with Gasteiger partial charge >= 0.3 is 0 Å². The van der Waals surface area contributed by atoms with Crippen LogP contribution in [0, 0.1) is 0 Å². The van der Waals surface area contributed by atoms with E-state index in [1.165, 1.54) is 0 Å². The number of rotatable bonds is 6. The molecule has 2 rings (SSSR count). The number of carbonyl (C=O) groups excluding carboxylic acids is 1. The minimum Gasteiger partial charge on any atom is -0.497 e. The van der Waals surface area contributed by atoms with Gasteiger partial charge in [0, 0.05) is 5.56 Å². The number of hydrogen-bond donors (Lipinski definition) is 1. The summed E-state index contributed by atoms with van der Waals surface area (Å²) in [5.74, 6) is 1.45. The van der Waals surface area contributed by atoms with Crippen LogP contribution in [0.4, 0.5) is 0 Å². The molecule has 0 aromatic heterocycles. The van der Waals surface area contributed by atoms with E-state index in [2.05, 4.69) is 5.32 Å². The summed E-state index contributed by atoms with van der Waals surface area (Å²) in [6, 6.07) is 14.8. The van der Waals surface area contributed by atoms with Crippen LogP contribution in [0.5, 0.6) is 11.5 Å². The normalized spacial score (nSPS) is 11.6. The van der Waals surface area contributed by atoms with Crippen LogP contribution in [0.2, 0.25) is 0 Å². The van der Waals surface area contributed by atoms with Crippen LogP contribution in [0.15, 0.2) is 48.5 Å².